The van der Waals surface area contributed by atoms with E-state index in [4.69, 9.17) is 0 Å². The Morgan fingerprint density at radius 2 is 1.30 bits per heavy atom. The largest absolute Gasteiger partial charge is 0.352 e. The van der Waals surface area contributed by atoms with Crippen molar-refractivity contribution in [2.24, 2.45) is 0 Å². The lowest BCUT2D eigenvalue weighted by molar-refractivity contribution is 0.0953. The molecule has 0 saturated heterocycles. The number of hydrogen-bond acceptors (Lipinski definition) is 1. The van der Waals surface area contributed by atoms with Crippen LogP contribution in [-0.2, 0) is 0 Å². The molecule has 1 aromatic carbocycles. The van der Waals surface area contributed by atoms with Crippen LogP contribution in [0.1, 0.15) is 113 Å². The Kier molecular flexibility index (Phi) is 14.5. The molecule has 0 atom stereocenters. The summed E-state index contributed by atoms with van der Waals surface area (Å²) in [4.78, 5) is 12.1. The average Bonchev–Trinajstić information content (AvgIpc) is 2.66. The molecule has 27 heavy (non-hydrogen) atoms. The van der Waals surface area contributed by atoms with Crippen LogP contribution in [-0.4, -0.2) is 12.5 Å². The van der Waals surface area contributed by atoms with Gasteiger partial charge in [-0.3, -0.25) is 4.79 Å². The Balaban J connectivity index is 1.87. The van der Waals surface area contributed by atoms with Gasteiger partial charge in [-0.05, 0) is 31.0 Å². The zero-order chi connectivity index (χ0) is 19.7. The Hall–Kier alpha value is -0.830. The minimum atomic E-state index is 0.0328. The summed E-state index contributed by atoms with van der Waals surface area (Å²) < 4.78 is 0.992. The molecule has 0 unspecified atom stereocenters. The monoisotopic (exact) mass is 437 g/mol. The van der Waals surface area contributed by atoms with E-state index < -0.39 is 0 Å². The van der Waals surface area contributed by atoms with Gasteiger partial charge in [0.05, 0.1) is 0 Å². The van der Waals surface area contributed by atoms with Crippen LogP contribution < -0.4 is 5.32 Å². The van der Waals surface area contributed by atoms with Gasteiger partial charge in [0.1, 0.15) is 0 Å². The second kappa shape index (κ2) is 16.2. The van der Waals surface area contributed by atoms with Crippen molar-refractivity contribution < 1.29 is 4.79 Å². The van der Waals surface area contributed by atoms with E-state index >= 15 is 0 Å². The van der Waals surface area contributed by atoms with Crippen molar-refractivity contribution in [2.45, 2.75) is 104 Å². The Morgan fingerprint density at radius 1 is 0.815 bits per heavy atom. The van der Waals surface area contributed by atoms with Gasteiger partial charge in [0.25, 0.3) is 5.91 Å². The van der Waals surface area contributed by atoms with Crippen LogP contribution in [0.2, 0.25) is 0 Å². The maximum absolute atomic E-state index is 12.1. The number of benzene rings is 1. The summed E-state index contributed by atoms with van der Waals surface area (Å²) in [6.45, 7) is 5.09. The highest BCUT2D eigenvalue weighted by atomic mass is 79.9. The molecule has 1 N–H and O–H groups in total. The third-order valence-electron chi connectivity index (χ3n) is 5.25. The summed E-state index contributed by atoms with van der Waals surface area (Å²) in [5.41, 5.74) is 1.89. The molecule has 1 aromatic rings. The van der Waals surface area contributed by atoms with E-state index in [2.05, 4.69) is 28.2 Å². The van der Waals surface area contributed by atoms with E-state index in [-0.39, 0.29) is 5.91 Å². The van der Waals surface area contributed by atoms with E-state index in [1.54, 1.807) is 0 Å². The molecule has 3 heteroatoms. The van der Waals surface area contributed by atoms with Crippen molar-refractivity contribution in [2.75, 3.05) is 6.54 Å². The van der Waals surface area contributed by atoms with Gasteiger partial charge in [0.2, 0.25) is 0 Å². The fourth-order valence-electron chi connectivity index (χ4n) is 3.36. The maximum atomic E-state index is 12.1. The van der Waals surface area contributed by atoms with Crippen molar-refractivity contribution >= 4 is 21.8 Å². The number of hydrogen-bond donors (Lipinski definition) is 1. The predicted molar refractivity (Wildman–Crippen MR) is 122 cm³/mol. The summed E-state index contributed by atoms with van der Waals surface area (Å²) in [5, 5.41) is 3.03. The predicted octanol–water partition coefficient (Wildman–Crippen LogP) is 7.97. The molecule has 0 aliphatic heterocycles. The number of carbonyl (C=O) groups is 1. The number of unbranched alkanes of at least 4 members (excludes halogenated alkanes) is 13. The number of aryl methyl sites for hydroxylation is 1. The maximum Gasteiger partial charge on any atom is 0.251 e. The molecule has 0 aromatic heterocycles. The third kappa shape index (κ3) is 12.3. The van der Waals surface area contributed by atoms with Crippen molar-refractivity contribution in [3.8, 4) is 0 Å². The molecule has 0 radical (unpaired) electrons. The molecule has 154 valence electrons. The lowest BCUT2D eigenvalue weighted by atomic mass is 10.0. The number of rotatable bonds is 16. The summed E-state index contributed by atoms with van der Waals surface area (Å²) in [6.07, 6.45) is 19.0. The fourth-order valence-corrected chi connectivity index (χ4v) is 3.74. The molecule has 0 spiro atoms. The molecule has 0 aliphatic rings. The minimum Gasteiger partial charge on any atom is -0.352 e. The molecule has 0 saturated carbocycles. The van der Waals surface area contributed by atoms with Crippen LogP contribution in [0.15, 0.2) is 22.7 Å². The standard InChI is InChI=1S/C24H40BrNO/c1-3-4-5-6-7-8-9-10-11-12-13-14-15-16-19-26-24(27)22-18-17-21(2)23(25)20-22/h17-18,20H,3-16,19H2,1-2H3,(H,26,27). The zero-order valence-corrected chi connectivity index (χ0v) is 19.2. The summed E-state index contributed by atoms with van der Waals surface area (Å²) >= 11 is 3.48. The quantitative estimate of drug-likeness (QED) is 0.261. The molecule has 0 bridgehead atoms. The van der Waals surface area contributed by atoms with Crippen molar-refractivity contribution in [3.63, 3.8) is 0 Å². The van der Waals surface area contributed by atoms with E-state index in [0.29, 0.717) is 0 Å². The second-order valence-electron chi connectivity index (χ2n) is 7.82. The highest BCUT2D eigenvalue weighted by Gasteiger charge is 2.06. The number of carbonyl (C=O) groups excluding carboxylic acids is 1. The van der Waals surface area contributed by atoms with Crippen LogP contribution in [0.25, 0.3) is 0 Å². The lowest BCUT2D eigenvalue weighted by Gasteiger charge is -2.07. The molecule has 0 heterocycles. The van der Waals surface area contributed by atoms with Crippen LogP contribution in [0.5, 0.6) is 0 Å². The molecule has 2 nitrogen and oxygen atoms in total. The fraction of sp³-hybridized carbons (Fsp3) is 0.708. The van der Waals surface area contributed by atoms with Crippen molar-refractivity contribution in [3.05, 3.63) is 33.8 Å². The highest BCUT2D eigenvalue weighted by Crippen LogP contribution is 2.17. The molecular weight excluding hydrogens is 398 g/mol. The highest BCUT2D eigenvalue weighted by molar-refractivity contribution is 9.10. The van der Waals surface area contributed by atoms with E-state index in [1.807, 2.05) is 25.1 Å². The van der Waals surface area contributed by atoms with Crippen molar-refractivity contribution in [1.82, 2.24) is 5.32 Å². The minimum absolute atomic E-state index is 0.0328. The molecule has 1 amide bonds. The normalized spacial score (nSPS) is 10.9. The first-order valence-electron chi connectivity index (χ1n) is 11.2. The van der Waals surface area contributed by atoms with Gasteiger partial charge in [-0.1, -0.05) is 112 Å². The smallest absolute Gasteiger partial charge is 0.251 e. The Bertz CT molecular complexity index is 515. The van der Waals surface area contributed by atoms with Gasteiger partial charge in [-0.15, -0.1) is 0 Å². The van der Waals surface area contributed by atoms with Gasteiger partial charge < -0.3 is 5.32 Å². The zero-order valence-electron chi connectivity index (χ0n) is 17.6. The molecule has 0 fully saturated rings. The van der Waals surface area contributed by atoms with Gasteiger partial charge in [0.15, 0.2) is 0 Å². The number of halogens is 1. The first kappa shape index (κ1) is 24.2. The topological polar surface area (TPSA) is 29.1 Å². The van der Waals surface area contributed by atoms with Crippen LogP contribution in [0, 0.1) is 6.92 Å². The summed E-state index contributed by atoms with van der Waals surface area (Å²) in [6, 6.07) is 5.77. The third-order valence-corrected chi connectivity index (χ3v) is 6.10. The molecule has 1 rings (SSSR count). The Morgan fingerprint density at radius 3 is 1.78 bits per heavy atom. The van der Waals surface area contributed by atoms with E-state index in [0.717, 1.165) is 28.6 Å². The van der Waals surface area contributed by atoms with Crippen molar-refractivity contribution in [1.29, 1.82) is 0 Å². The lowest BCUT2D eigenvalue weighted by Crippen LogP contribution is -2.24. The van der Waals surface area contributed by atoms with Crippen LogP contribution >= 0.6 is 15.9 Å². The number of nitrogens with one attached hydrogen (secondary N) is 1. The van der Waals surface area contributed by atoms with Crippen LogP contribution in [0.4, 0.5) is 0 Å². The van der Waals surface area contributed by atoms with Crippen LogP contribution in [0.3, 0.4) is 0 Å². The number of amides is 1. The summed E-state index contributed by atoms with van der Waals surface area (Å²) in [5.74, 6) is 0.0328. The molecular formula is C24H40BrNO. The van der Waals surface area contributed by atoms with Gasteiger partial charge in [-0.2, -0.15) is 0 Å². The molecule has 0 aliphatic carbocycles. The van der Waals surface area contributed by atoms with Gasteiger partial charge in [0, 0.05) is 16.6 Å². The first-order chi connectivity index (χ1) is 13.1. The average molecular weight is 438 g/mol. The SMILES string of the molecule is CCCCCCCCCCCCCCCCNC(=O)c1ccc(C)c(Br)c1. The summed E-state index contributed by atoms with van der Waals surface area (Å²) in [7, 11) is 0. The second-order valence-corrected chi connectivity index (χ2v) is 8.67. The first-order valence-corrected chi connectivity index (χ1v) is 12.0. The Labute approximate surface area is 176 Å². The van der Waals surface area contributed by atoms with Gasteiger partial charge >= 0.3 is 0 Å². The van der Waals surface area contributed by atoms with E-state index in [9.17, 15) is 4.79 Å². The van der Waals surface area contributed by atoms with Gasteiger partial charge in [-0.25, -0.2) is 0 Å². The van der Waals surface area contributed by atoms with E-state index in [1.165, 1.54) is 83.5 Å².